The van der Waals surface area contributed by atoms with Crippen molar-refractivity contribution in [3.8, 4) is 34.7 Å². The van der Waals surface area contributed by atoms with E-state index in [0.717, 1.165) is 18.4 Å². The van der Waals surface area contributed by atoms with Crippen LogP contribution in [-0.4, -0.2) is 16.2 Å². The minimum Gasteiger partial charge on any atom is -0.490 e. The number of rotatable bonds is 5. The molecule has 0 unspecified atom stereocenters. The van der Waals surface area contributed by atoms with Gasteiger partial charge in [-0.25, -0.2) is 0 Å². The second-order valence-electron chi connectivity index (χ2n) is 7.71. The zero-order valence-corrected chi connectivity index (χ0v) is 18.2. The van der Waals surface area contributed by atoms with Gasteiger partial charge in [0.1, 0.15) is 11.8 Å². The van der Waals surface area contributed by atoms with Crippen molar-refractivity contribution in [2.75, 3.05) is 0 Å². The van der Waals surface area contributed by atoms with Gasteiger partial charge in [0.15, 0.2) is 0 Å². The summed E-state index contributed by atoms with van der Waals surface area (Å²) in [6.45, 7) is 8.22. The van der Waals surface area contributed by atoms with E-state index in [1.165, 1.54) is 30.4 Å². The van der Waals surface area contributed by atoms with Crippen LogP contribution in [0.1, 0.15) is 63.6 Å². The molecule has 1 heterocycles. The first-order valence-corrected chi connectivity index (χ1v) is 10.7. The Kier molecular flexibility index (Phi) is 7.24. The molecule has 3 aromatic rings. The molecule has 156 valence electrons. The first-order chi connectivity index (χ1) is 14.6. The number of fused-ring (bicyclic) bond motifs is 1. The fourth-order valence-electron chi connectivity index (χ4n) is 3.39. The third kappa shape index (κ3) is 4.88. The van der Waals surface area contributed by atoms with Gasteiger partial charge >= 0.3 is 0 Å². The van der Waals surface area contributed by atoms with Crippen molar-refractivity contribution in [3.63, 3.8) is 0 Å². The Morgan fingerprint density at radius 3 is 2.63 bits per heavy atom. The van der Waals surface area contributed by atoms with Gasteiger partial charge in [-0.2, -0.15) is 10.2 Å². The standard InChI is InChI=1S/C21H19N3O2.C4H10/c1-13(2)25-19-10-9-15(11-16(19)12-22)21-23-20(24-26-21)18-8-4-6-14-5-3-7-17(14)18;1-3-4-2/h4,6,8-11,13H,3,5,7H2,1-2H3;3-4H2,1-2H3. The molecule has 2 aromatic carbocycles. The summed E-state index contributed by atoms with van der Waals surface area (Å²) in [6, 6.07) is 13.8. The molecule has 0 saturated carbocycles. The number of aryl methyl sites for hydroxylation is 1. The van der Waals surface area contributed by atoms with E-state index in [1.54, 1.807) is 12.1 Å². The highest BCUT2D eigenvalue weighted by molar-refractivity contribution is 5.66. The summed E-state index contributed by atoms with van der Waals surface area (Å²) in [7, 11) is 0. The smallest absolute Gasteiger partial charge is 0.258 e. The van der Waals surface area contributed by atoms with Crippen LogP contribution >= 0.6 is 0 Å². The SMILES string of the molecule is CC(C)Oc1ccc(-c2nc(-c3cccc4c3CCC4)no2)cc1C#N.CCCC. The molecule has 0 spiro atoms. The van der Waals surface area contributed by atoms with Crippen LogP contribution in [0.5, 0.6) is 5.75 Å². The number of unbranched alkanes of at least 4 members (excludes halogenated alkanes) is 1. The zero-order chi connectivity index (χ0) is 21.5. The normalized spacial score (nSPS) is 12.1. The third-order valence-electron chi connectivity index (χ3n) is 5.02. The molecule has 0 radical (unpaired) electrons. The van der Waals surface area contributed by atoms with Crippen LogP contribution in [-0.2, 0) is 12.8 Å². The van der Waals surface area contributed by atoms with Gasteiger partial charge in [-0.15, -0.1) is 0 Å². The number of nitriles is 1. The summed E-state index contributed by atoms with van der Waals surface area (Å²) < 4.78 is 11.1. The van der Waals surface area contributed by atoms with E-state index in [0.29, 0.717) is 28.6 Å². The second kappa shape index (κ2) is 10.1. The van der Waals surface area contributed by atoms with Crippen LogP contribution in [0.3, 0.4) is 0 Å². The van der Waals surface area contributed by atoms with Gasteiger partial charge in [-0.1, -0.05) is 50.0 Å². The molecule has 0 N–H and O–H groups in total. The zero-order valence-electron chi connectivity index (χ0n) is 18.2. The molecule has 5 nitrogen and oxygen atoms in total. The van der Waals surface area contributed by atoms with E-state index in [-0.39, 0.29) is 6.10 Å². The molecule has 30 heavy (non-hydrogen) atoms. The Bertz CT molecular complexity index is 1030. The van der Waals surface area contributed by atoms with Crippen molar-refractivity contribution in [2.45, 2.75) is 65.9 Å². The van der Waals surface area contributed by atoms with Crippen molar-refractivity contribution in [1.29, 1.82) is 5.26 Å². The summed E-state index contributed by atoms with van der Waals surface area (Å²) in [5.74, 6) is 1.56. The van der Waals surface area contributed by atoms with Crippen molar-refractivity contribution in [2.24, 2.45) is 0 Å². The lowest BCUT2D eigenvalue weighted by Crippen LogP contribution is -2.06. The van der Waals surface area contributed by atoms with Crippen LogP contribution in [0.25, 0.3) is 22.8 Å². The summed E-state index contributed by atoms with van der Waals surface area (Å²) >= 11 is 0. The summed E-state index contributed by atoms with van der Waals surface area (Å²) in [6.07, 6.45) is 5.97. The van der Waals surface area contributed by atoms with Crippen molar-refractivity contribution >= 4 is 0 Å². The lowest BCUT2D eigenvalue weighted by Gasteiger charge is -2.11. The van der Waals surface area contributed by atoms with E-state index >= 15 is 0 Å². The van der Waals surface area contributed by atoms with Crippen molar-refractivity contribution < 1.29 is 9.26 Å². The van der Waals surface area contributed by atoms with Crippen LogP contribution in [0.2, 0.25) is 0 Å². The highest BCUT2D eigenvalue weighted by Gasteiger charge is 2.19. The Morgan fingerprint density at radius 1 is 1.13 bits per heavy atom. The topological polar surface area (TPSA) is 71.9 Å². The van der Waals surface area contributed by atoms with Crippen molar-refractivity contribution in [1.82, 2.24) is 10.1 Å². The van der Waals surface area contributed by atoms with E-state index in [1.807, 2.05) is 32.0 Å². The largest absolute Gasteiger partial charge is 0.490 e. The fraction of sp³-hybridized carbons (Fsp3) is 0.400. The van der Waals surface area contributed by atoms with E-state index in [9.17, 15) is 5.26 Å². The maximum atomic E-state index is 9.40. The Labute approximate surface area is 178 Å². The van der Waals surface area contributed by atoms with Gasteiger partial charge in [-0.05, 0) is 62.4 Å². The first kappa shape index (κ1) is 21.6. The summed E-state index contributed by atoms with van der Waals surface area (Å²) in [5, 5.41) is 13.6. The summed E-state index contributed by atoms with van der Waals surface area (Å²) in [5.41, 5.74) is 4.89. The predicted octanol–water partition coefficient (Wildman–Crippen LogP) is 6.36. The molecule has 1 aliphatic rings. The lowest BCUT2D eigenvalue weighted by atomic mass is 10.0. The van der Waals surface area contributed by atoms with E-state index in [2.05, 4.69) is 36.1 Å². The predicted molar refractivity (Wildman–Crippen MR) is 118 cm³/mol. The van der Waals surface area contributed by atoms with Crippen LogP contribution in [0.15, 0.2) is 40.9 Å². The molecule has 0 atom stereocenters. The number of ether oxygens (including phenoxy) is 1. The molecule has 5 heteroatoms. The van der Waals surface area contributed by atoms with Gasteiger partial charge in [0.2, 0.25) is 5.82 Å². The Balaban J connectivity index is 0.000000589. The van der Waals surface area contributed by atoms with Crippen LogP contribution < -0.4 is 4.74 Å². The monoisotopic (exact) mass is 403 g/mol. The number of benzene rings is 2. The number of hydrogen-bond acceptors (Lipinski definition) is 5. The van der Waals surface area contributed by atoms with E-state index in [4.69, 9.17) is 9.26 Å². The lowest BCUT2D eigenvalue weighted by molar-refractivity contribution is 0.242. The number of nitrogens with zero attached hydrogens (tertiary/aromatic N) is 3. The van der Waals surface area contributed by atoms with Gasteiger partial charge < -0.3 is 9.26 Å². The molecular weight excluding hydrogens is 374 g/mol. The highest BCUT2D eigenvalue weighted by atomic mass is 16.5. The third-order valence-corrected chi connectivity index (χ3v) is 5.02. The molecule has 0 amide bonds. The number of hydrogen-bond donors (Lipinski definition) is 0. The minimum atomic E-state index is 0.00290. The first-order valence-electron chi connectivity index (χ1n) is 10.7. The Morgan fingerprint density at radius 2 is 1.93 bits per heavy atom. The minimum absolute atomic E-state index is 0.00290. The fourth-order valence-corrected chi connectivity index (χ4v) is 3.39. The van der Waals surface area contributed by atoms with Crippen LogP contribution in [0, 0.1) is 11.3 Å². The van der Waals surface area contributed by atoms with Crippen molar-refractivity contribution in [3.05, 3.63) is 53.1 Å². The van der Waals surface area contributed by atoms with Gasteiger partial charge in [0, 0.05) is 11.1 Å². The van der Waals surface area contributed by atoms with Gasteiger partial charge in [0.25, 0.3) is 5.89 Å². The quantitative estimate of drug-likeness (QED) is 0.496. The molecule has 0 saturated heterocycles. The molecule has 0 bridgehead atoms. The maximum absolute atomic E-state index is 9.40. The number of aromatic nitrogens is 2. The molecule has 1 aliphatic carbocycles. The Hall–Kier alpha value is -3.13. The molecular formula is C25H29N3O2. The van der Waals surface area contributed by atoms with Gasteiger partial charge in [-0.3, -0.25) is 0 Å². The molecule has 4 rings (SSSR count). The average molecular weight is 404 g/mol. The van der Waals surface area contributed by atoms with Crippen LogP contribution in [0.4, 0.5) is 0 Å². The maximum Gasteiger partial charge on any atom is 0.258 e. The molecule has 0 fully saturated rings. The highest BCUT2D eigenvalue weighted by Crippen LogP contribution is 2.32. The van der Waals surface area contributed by atoms with Gasteiger partial charge in [0.05, 0.1) is 11.7 Å². The van der Waals surface area contributed by atoms with E-state index < -0.39 is 0 Å². The second-order valence-corrected chi connectivity index (χ2v) is 7.71. The summed E-state index contributed by atoms with van der Waals surface area (Å²) in [4.78, 5) is 4.57. The molecule has 0 aliphatic heterocycles. The average Bonchev–Trinajstić information content (AvgIpc) is 3.43. The molecule has 1 aromatic heterocycles.